The highest BCUT2D eigenvalue weighted by Gasteiger charge is 2.15. The first-order valence-corrected chi connectivity index (χ1v) is 7.38. The highest BCUT2D eigenvalue weighted by atomic mass is 32.2. The molecule has 0 amide bonds. The van der Waals surface area contributed by atoms with Gasteiger partial charge in [0.15, 0.2) is 5.78 Å². The molecule has 2 heterocycles. The van der Waals surface area contributed by atoms with E-state index in [1.54, 1.807) is 6.20 Å². The van der Waals surface area contributed by atoms with Crippen molar-refractivity contribution in [3.05, 3.63) is 59.9 Å². The Morgan fingerprint density at radius 2 is 2.00 bits per heavy atom. The molecule has 3 nitrogen and oxygen atoms in total. The summed E-state index contributed by atoms with van der Waals surface area (Å²) in [5.74, 6) is 0.537. The van der Waals surface area contributed by atoms with E-state index in [2.05, 4.69) is 9.97 Å². The van der Waals surface area contributed by atoms with E-state index in [0.717, 1.165) is 27.2 Å². The van der Waals surface area contributed by atoms with Gasteiger partial charge in [0.2, 0.25) is 0 Å². The number of H-pyrrole nitrogens is 1. The predicted octanol–water partition coefficient (Wildman–Crippen LogP) is 3.85. The van der Waals surface area contributed by atoms with Gasteiger partial charge in [0, 0.05) is 28.4 Å². The zero-order valence-corrected chi connectivity index (χ0v) is 11.9. The molecule has 3 rings (SSSR count). The first-order chi connectivity index (χ1) is 9.75. The Balaban J connectivity index is 1.84. The van der Waals surface area contributed by atoms with Gasteiger partial charge in [-0.3, -0.25) is 4.79 Å². The van der Waals surface area contributed by atoms with Gasteiger partial charge in [-0.1, -0.05) is 36.0 Å². The molecule has 1 N–H and O–H groups in total. The number of hydrogen-bond acceptors (Lipinski definition) is 3. The van der Waals surface area contributed by atoms with Crippen LogP contribution in [0.2, 0.25) is 0 Å². The van der Waals surface area contributed by atoms with Crippen LogP contribution in [0.5, 0.6) is 0 Å². The molecular weight excluding hydrogens is 268 g/mol. The van der Waals surface area contributed by atoms with E-state index in [0.29, 0.717) is 5.75 Å². The van der Waals surface area contributed by atoms with Crippen LogP contribution in [0.1, 0.15) is 16.1 Å². The average Bonchev–Trinajstić information content (AvgIpc) is 2.82. The number of aromatic amines is 1. The van der Waals surface area contributed by atoms with Crippen molar-refractivity contribution in [1.82, 2.24) is 9.97 Å². The summed E-state index contributed by atoms with van der Waals surface area (Å²) in [6, 6.07) is 13.6. The molecular formula is C16H14N2OS. The molecule has 0 atom stereocenters. The van der Waals surface area contributed by atoms with Crippen molar-refractivity contribution in [2.24, 2.45) is 0 Å². The Morgan fingerprint density at radius 3 is 2.80 bits per heavy atom. The summed E-state index contributed by atoms with van der Waals surface area (Å²) < 4.78 is 0. The Labute approximate surface area is 121 Å². The van der Waals surface area contributed by atoms with Crippen LogP contribution in [0.4, 0.5) is 0 Å². The van der Waals surface area contributed by atoms with Gasteiger partial charge >= 0.3 is 0 Å². The van der Waals surface area contributed by atoms with E-state index >= 15 is 0 Å². The smallest absolute Gasteiger partial charge is 0.175 e. The summed E-state index contributed by atoms with van der Waals surface area (Å²) in [5, 5.41) is 1.87. The topological polar surface area (TPSA) is 45.8 Å². The number of carbonyl (C=O) groups excluding carboxylic acids is 1. The highest BCUT2D eigenvalue weighted by molar-refractivity contribution is 7.99. The molecule has 0 bridgehead atoms. The minimum atomic E-state index is 0.135. The average molecular weight is 282 g/mol. The van der Waals surface area contributed by atoms with Crippen molar-refractivity contribution in [3.8, 4) is 0 Å². The quantitative estimate of drug-likeness (QED) is 0.584. The third-order valence-corrected chi connectivity index (χ3v) is 4.11. The van der Waals surface area contributed by atoms with Crippen LogP contribution < -0.4 is 0 Å². The second-order valence-corrected chi connectivity index (χ2v) is 5.55. The number of carbonyl (C=O) groups is 1. The van der Waals surface area contributed by atoms with Crippen LogP contribution in [0.25, 0.3) is 10.9 Å². The molecule has 0 aliphatic carbocycles. The standard InChI is InChI=1S/C16H14N2OS/c1-11-16(12-6-2-3-7-13(12)18-11)14(19)10-20-15-8-4-5-9-17-15/h2-9,18H,10H2,1H3. The van der Waals surface area contributed by atoms with Gasteiger partial charge in [0.25, 0.3) is 0 Å². The van der Waals surface area contributed by atoms with Crippen LogP contribution in [0.15, 0.2) is 53.7 Å². The maximum absolute atomic E-state index is 12.4. The third kappa shape index (κ3) is 2.47. The summed E-state index contributed by atoms with van der Waals surface area (Å²) >= 11 is 1.47. The monoisotopic (exact) mass is 282 g/mol. The number of hydrogen-bond donors (Lipinski definition) is 1. The van der Waals surface area contributed by atoms with Gasteiger partial charge in [-0.05, 0) is 25.1 Å². The Morgan fingerprint density at radius 1 is 1.20 bits per heavy atom. The number of pyridine rings is 1. The van der Waals surface area contributed by atoms with E-state index in [1.807, 2.05) is 49.4 Å². The number of aryl methyl sites for hydroxylation is 1. The van der Waals surface area contributed by atoms with Gasteiger partial charge in [-0.15, -0.1) is 0 Å². The lowest BCUT2D eigenvalue weighted by atomic mass is 10.1. The van der Waals surface area contributed by atoms with Crippen LogP contribution in [0, 0.1) is 6.92 Å². The van der Waals surface area contributed by atoms with E-state index in [1.165, 1.54) is 11.8 Å². The fourth-order valence-electron chi connectivity index (χ4n) is 2.28. The summed E-state index contributed by atoms with van der Waals surface area (Å²) in [7, 11) is 0. The zero-order valence-electron chi connectivity index (χ0n) is 11.1. The molecule has 0 radical (unpaired) electrons. The molecule has 100 valence electrons. The lowest BCUT2D eigenvalue weighted by Crippen LogP contribution is -2.03. The summed E-state index contributed by atoms with van der Waals surface area (Å²) in [5.41, 5.74) is 2.73. The number of para-hydroxylation sites is 1. The minimum Gasteiger partial charge on any atom is -0.358 e. The molecule has 0 aliphatic heterocycles. The number of nitrogens with zero attached hydrogens (tertiary/aromatic N) is 1. The molecule has 0 aliphatic rings. The molecule has 0 saturated heterocycles. The zero-order chi connectivity index (χ0) is 13.9. The number of thioether (sulfide) groups is 1. The maximum atomic E-state index is 12.4. The molecule has 0 spiro atoms. The van der Waals surface area contributed by atoms with Crippen molar-refractivity contribution in [2.45, 2.75) is 11.9 Å². The van der Waals surface area contributed by atoms with Crippen LogP contribution in [-0.2, 0) is 0 Å². The normalized spacial score (nSPS) is 10.8. The largest absolute Gasteiger partial charge is 0.358 e. The number of ketones is 1. The van der Waals surface area contributed by atoms with Crippen molar-refractivity contribution in [1.29, 1.82) is 0 Å². The highest BCUT2D eigenvalue weighted by Crippen LogP contribution is 2.24. The fourth-order valence-corrected chi connectivity index (χ4v) is 3.01. The number of nitrogens with one attached hydrogen (secondary N) is 1. The lowest BCUT2D eigenvalue weighted by molar-refractivity contribution is 0.102. The first-order valence-electron chi connectivity index (χ1n) is 6.40. The van der Waals surface area contributed by atoms with Crippen LogP contribution in [-0.4, -0.2) is 21.5 Å². The Hall–Kier alpha value is -2.07. The SMILES string of the molecule is Cc1[nH]c2ccccc2c1C(=O)CSc1ccccn1. The summed E-state index contributed by atoms with van der Waals surface area (Å²) in [6.45, 7) is 1.94. The molecule has 4 heteroatoms. The number of aromatic nitrogens is 2. The number of Topliss-reactive ketones (excluding diaryl/α,β-unsaturated/α-hetero) is 1. The Kier molecular flexibility index (Phi) is 3.56. The van der Waals surface area contributed by atoms with E-state index in [9.17, 15) is 4.79 Å². The molecule has 0 fully saturated rings. The van der Waals surface area contributed by atoms with E-state index < -0.39 is 0 Å². The van der Waals surface area contributed by atoms with Crippen molar-refractivity contribution < 1.29 is 4.79 Å². The van der Waals surface area contributed by atoms with Crippen LogP contribution >= 0.6 is 11.8 Å². The van der Waals surface area contributed by atoms with Gasteiger partial charge < -0.3 is 4.98 Å². The number of benzene rings is 1. The molecule has 20 heavy (non-hydrogen) atoms. The van der Waals surface area contributed by atoms with Crippen molar-refractivity contribution in [2.75, 3.05) is 5.75 Å². The van der Waals surface area contributed by atoms with E-state index in [-0.39, 0.29) is 5.78 Å². The molecule has 0 unspecified atom stereocenters. The first kappa shape index (κ1) is 12.9. The van der Waals surface area contributed by atoms with Gasteiger partial charge in [0.1, 0.15) is 0 Å². The lowest BCUT2D eigenvalue weighted by Gasteiger charge is -2.01. The predicted molar refractivity (Wildman–Crippen MR) is 82.3 cm³/mol. The molecule has 0 saturated carbocycles. The van der Waals surface area contributed by atoms with Gasteiger partial charge in [-0.2, -0.15) is 0 Å². The van der Waals surface area contributed by atoms with Gasteiger partial charge in [0.05, 0.1) is 10.8 Å². The second kappa shape index (κ2) is 5.51. The molecule has 2 aromatic heterocycles. The summed E-state index contributed by atoms with van der Waals surface area (Å²) in [6.07, 6.45) is 1.74. The Bertz CT molecular complexity index is 750. The number of rotatable bonds is 4. The molecule has 1 aromatic carbocycles. The van der Waals surface area contributed by atoms with Crippen molar-refractivity contribution >= 4 is 28.4 Å². The maximum Gasteiger partial charge on any atom is 0.175 e. The summed E-state index contributed by atoms with van der Waals surface area (Å²) in [4.78, 5) is 19.9. The fraction of sp³-hybridized carbons (Fsp3) is 0.125. The van der Waals surface area contributed by atoms with Gasteiger partial charge in [-0.25, -0.2) is 4.98 Å². The third-order valence-electron chi connectivity index (χ3n) is 3.16. The molecule has 3 aromatic rings. The van der Waals surface area contributed by atoms with Crippen molar-refractivity contribution in [3.63, 3.8) is 0 Å². The minimum absolute atomic E-state index is 0.135. The second-order valence-electron chi connectivity index (χ2n) is 4.55. The van der Waals surface area contributed by atoms with E-state index in [4.69, 9.17) is 0 Å². The number of fused-ring (bicyclic) bond motifs is 1. The van der Waals surface area contributed by atoms with Crippen LogP contribution in [0.3, 0.4) is 0 Å².